The Labute approximate surface area is 98.3 Å². The van der Waals surface area contributed by atoms with Gasteiger partial charge in [0.1, 0.15) is 5.69 Å². The first-order valence-electron chi connectivity index (χ1n) is 5.29. The molecule has 0 saturated carbocycles. The fraction of sp³-hybridized carbons (Fsp3) is 0.231. The summed E-state index contributed by atoms with van der Waals surface area (Å²) in [6.45, 7) is 5.14. The predicted octanol–water partition coefficient (Wildman–Crippen LogP) is 2.69. The SMILES string of the molecule is CC(=O)c1c(C(=O)O)[nH]c2c(C)ccc(C)c12. The summed E-state index contributed by atoms with van der Waals surface area (Å²) in [7, 11) is 0. The van der Waals surface area contributed by atoms with E-state index in [0.717, 1.165) is 22.0 Å². The Bertz CT molecular complexity index is 638. The lowest BCUT2D eigenvalue weighted by Crippen LogP contribution is -2.04. The lowest BCUT2D eigenvalue weighted by molar-refractivity contribution is 0.0687. The number of aromatic carboxylic acids is 1. The Hall–Kier alpha value is -2.10. The van der Waals surface area contributed by atoms with Crippen LogP contribution in [0.15, 0.2) is 12.1 Å². The summed E-state index contributed by atoms with van der Waals surface area (Å²) in [5.74, 6) is -1.34. The molecule has 4 heteroatoms. The Morgan fingerprint density at radius 2 is 1.76 bits per heavy atom. The van der Waals surface area contributed by atoms with Crippen LogP contribution in [0.4, 0.5) is 0 Å². The fourth-order valence-electron chi connectivity index (χ4n) is 2.12. The maximum absolute atomic E-state index is 11.6. The molecule has 2 aromatic rings. The zero-order valence-electron chi connectivity index (χ0n) is 9.92. The summed E-state index contributed by atoms with van der Waals surface area (Å²) in [5.41, 5.74) is 2.81. The van der Waals surface area contributed by atoms with Crippen molar-refractivity contribution < 1.29 is 14.7 Å². The molecule has 0 aliphatic heterocycles. The van der Waals surface area contributed by atoms with Crippen LogP contribution < -0.4 is 0 Å². The number of ketones is 1. The normalized spacial score (nSPS) is 10.8. The van der Waals surface area contributed by atoms with Gasteiger partial charge in [0.25, 0.3) is 0 Å². The van der Waals surface area contributed by atoms with Gasteiger partial charge in [0.05, 0.1) is 11.1 Å². The van der Waals surface area contributed by atoms with Crippen LogP contribution in [0.1, 0.15) is 38.9 Å². The zero-order valence-corrected chi connectivity index (χ0v) is 9.92. The second-order valence-electron chi connectivity index (χ2n) is 4.19. The summed E-state index contributed by atoms with van der Waals surface area (Å²) < 4.78 is 0. The van der Waals surface area contributed by atoms with Crippen molar-refractivity contribution in [1.82, 2.24) is 4.98 Å². The number of hydrogen-bond donors (Lipinski definition) is 2. The van der Waals surface area contributed by atoms with Gasteiger partial charge in [-0.25, -0.2) is 4.79 Å². The molecule has 1 heterocycles. The number of carbonyl (C=O) groups excluding carboxylic acids is 1. The number of carboxylic acids is 1. The van der Waals surface area contributed by atoms with Gasteiger partial charge in [0, 0.05) is 5.39 Å². The molecule has 2 rings (SSSR count). The molecule has 0 unspecified atom stereocenters. The van der Waals surface area contributed by atoms with Crippen LogP contribution in [0.2, 0.25) is 0 Å². The van der Waals surface area contributed by atoms with E-state index in [-0.39, 0.29) is 17.0 Å². The molecule has 0 aliphatic carbocycles. The molecule has 0 bridgehead atoms. The summed E-state index contributed by atoms with van der Waals surface area (Å²) in [6, 6.07) is 3.80. The van der Waals surface area contributed by atoms with Crippen molar-refractivity contribution >= 4 is 22.7 Å². The van der Waals surface area contributed by atoms with Crippen LogP contribution in [-0.2, 0) is 0 Å². The summed E-state index contributed by atoms with van der Waals surface area (Å²) in [5, 5.41) is 9.83. The highest BCUT2D eigenvalue weighted by molar-refractivity contribution is 6.15. The van der Waals surface area contributed by atoms with Gasteiger partial charge in [-0.15, -0.1) is 0 Å². The minimum absolute atomic E-state index is 0.0232. The number of Topliss-reactive ketones (excluding diaryl/α,β-unsaturated/α-hetero) is 1. The highest BCUT2D eigenvalue weighted by Gasteiger charge is 2.22. The van der Waals surface area contributed by atoms with Gasteiger partial charge in [-0.3, -0.25) is 4.79 Å². The highest BCUT2D eigenvalue weighted by atomic mass is 16.4. The number of hydrogen-bond acceptors (Lipinski definition) is 2. The second kappa shape index (κ2) is 3.73. The average molecular weight is 231 g/mol. The minimum Gasteiger partial charge on any atom is -0.477 e. The number of H-pyrrole nitrogens is 1. The summed E-state index contributed by atoms with van der Waals surface area (Å²) in [4.78, 5) is 25.6. The predicted molar refractivity (Wildman–Crippen MR) is 64.7 cm³/mol. The van der Waals surface area contributed by atoms with Crippen LogP contribution in [0.5, 0.6) is 0 Å². The lowest BCUT2D eigenvalue weighted by atomic mass is 10.0. The van der Waals surface area contributed by atoms with Crippen LogP contribution in [-0.4, -0.2) is 21.8 Å². The van der Waals surface area contributed by atoms with Gasteiger partial charge in [-0.05, 0) is 31.9 Å². The topological polar surface area (TPSA) is 70.2 Å². The smallest absolute Gasteiger partial charge is 0.353 e. The third-order valence-corrected chi connectivity index (χ3v) is 2.94. The van der Waals surface area contributed by atoms with Gasteiger partial charge in [-0.2, -0.15) is 0 Å². The van der Waals surface area contributed by atoms with Crippen molar-refractivity contribution in [2.24, 2.45) is 0 Å². The quantitative estimate of drug-likeness (QED) is 0.780. The maximum Gasteiger partial charge on any atom is 0.353 e. The molecular formula is C13H13NO3. The Morgan fingerprint density at radius 3 is 2.29 bits per heavy atom. The van der Waals surface area contributed by atoms with Gasteiger partial charge in [-0.1, -0.05) is 12.1 Å². The molecule has 0 radical (unpaired) electrons. The van der Waals surface area contributed by atoms with E-state index in [4.69, 9.17) is 5.11 Å². The fourth-order valence-corrected chi connectivity index (χ4v) is 2.12. The Morgan fingerprint density at radius 1 is 1.18 bits per heavy atom. The van der Waals surface area contributed by atoms with E-state index in [2.05, 4.69) is 4.98 Å². The largest absolute Gasteiger partial charge is 0.477 e. The highest BCUT2D eigenvalue weighted by Crippen LogP contribution is 2.28. The molecular weight excluding hydrogens is 218 g/mol. The van der Waals surface area contributed by atoms with E-state index in [1.807, 2.05) is 26.0 Å². The summed E-state index contributed by atoms with van der Waals surface area (Å²) in [6.07, 6.45) is 0. The number of benzene rings is 1. The van der Waals surface area contributed by atoms with E-state index in [0.29, 0.717) is 0 Å². The maximum atomic E-state index is 11.6. The van der Waals surface area contributed by atoms with E-state index in [1.54, 1.807) is 0 Å². The van der Waals surface area contributed by atoms with Crippen molar-refractivity contribution in [3.05, 3.63) is 34.5 Å². The van der Waals surface area contributed by atoms with Crippen molar-refractivity contribution in [2.45, 2.75) is 20.8 Å². The number of aromatic nitrogens is 1. The van der Waals surface area contributed by atoms with Gasteiger partial charge in [0.15, 0.2) is 5.78 Å². The number of carboxylic acid groups (broad SMARTS) is 1. The number of aromatic amines is 1. The number of nitrogens with one attached hydrogen (secondary N) is 1. The molecule has 0 spiro atoms. The first-order valence-corrected chi connectivity index (χ1v) is 5.29. The third kappa shape index (κ3) is 1.62. The standard InChI is InChI=1S/C13H13NO3/c1-6-4-5-7(2)11-9(6)10(8(3)15)12(14-11)13(16)17/h4-5,14H,1-3H3,(H,16,17). The Balaban J connectivity index is 3.00. The molecule has 0 saturated heterocycles. The van der Waals surface area contributed by atoms with E-state index < -0.39 is 5.97 Å². The first-order chi connectivity index (χ1) is 7.93. The molecule has 0 atom stereocenters. The molecule has 17 heavy (non-hydrogen) atoms. The number of aryl methyl sites for hydroxylation is 2. The minimum atomic E-state index is -1.11. The molecule has 1 aromatic carbocycles. The molecule has 88 valence electrons. The third-order valence-electron chi connectivity index (χ3n) is 2.94. The van der Waals surface area contributed by atoms with Crippen molar-refractivity contribution in [2.75, 3.05) is 0 Å². The molecule has 4 nitrogen and oxygen atoms in total. The zero-order chi connectivity index (χ0) is 12.7. The number of fused-ring (bicyclic) bond motifs is 1. The Kier molecular flexibility index (Phi) is 2.50. The second-order valence-corrected chi connectivity index (χ2v) is 4.19. The molecule has 2 N–H and O–H groups in total. The van der Waals surface area contributed by atoms with E-state index in [9.17, 15) is 9.59 Å². The van der Waals surface area contributed by atoms with Crippen LogP contribution >= 0.6 is 0 Å². The monoisotopic (exact) mass is 231 g/mol. The summed E-state index contributed by atoms with van der Waals surface area (Å²) >= 11 is 0. The van der Waals surface area contributed by atoms with Crippen LogP contribution in [0, 0.1) is 13.8 Å². The lowest BCUT2D eigenvalue weighted by Gasteiger charge is -2.01. The van der Waals surface area contributed by atoms with Gasteiger partial charge < -0.3 is 10.1 Å². The van der Waals surface area contributed by atoms with Crippen molar-refractivity contribution in [1.29, 1.82) is 0 Å². The van der Waals surface area contributed by atoms with Gasteiger partial charge in [0.2, 0.25) is 0 Å². The number of carbonyl (C=O) groups is 2. The van der Waals surface area contributed by atoms with Gasteiger partial charge >= 0.3 is 5.97 Å². The molecule has 0 fully saturated rings. The van der Waals surface area contributed by atoms with E-state index in [1.165, 1.54) is 6.92 Å². The van der Waals surface area contributed by atoms with Crippen molar-refractivity contribution in [3.63, 3.8) is 0 Å². The average Bonchev–Trinajstić information content (AvgIpc) is 2.64. The van der Waals surface area contributed by atoms with Crippen LogP contribution in [0.3, 0.4) is 0 Å². The molecule has 1 aromatic heterocycles. The van der Waals surface area contributed by atoms with Crippen LogP contribution in [0.25, 0.3) is 10.9 Å². The first kappa shape index (κ1) is 11.4. The van der Waals surface area contributed by atoms with Crippen molar-refractivity contribution in [3.8, 4) is 0 Å². The number of rotatable bonds is 2. The molecule has 0 aliphatic rings. The molecule has 0 amide bonds. The van der Waals surface area contributed by atoms with E-state index >= 15 is 0 Å².